The zero-order valence-corrected chi connectivity index (χ0v) is 8.06. The Morgan fingerprint density at radius 2 is 2.14 bits per heavy atom. The fourth-order valence-electron chi connectivity index (χ4n) is 1.82. The molecule has 1 aliphatic heterocycles. The quantitative estimate of drug-likeness (QED) is 0.555. The third-order valence-corrected chi connectivity index (χ3v) is 2.66. The highest BCUT2D eigenvalue weighted by Crippen LogP contribution is 2.28. The zero-order chi connectivity index (χ0) is 10.3. The van der Waals surface area contributed by atoms with Crippen molar-refractivity contribution >= 4 is 11.6 Å². The first kappa shape index (κ1) is 8.99. The molecule has 0 N–H and O–H groups in total. The fraction of sp³-hybridized carbons (Fsp3) is 0.400. The minimum Gasteiger partial charge on any atom is -0.493 e. The number of carbonyl (C=O) groups excluding carboxylic acids is 2. The molecule has 2 aliphatic rings. The minimum atomic E-state index is -0.520. The average molecular weight is 193 g/mol. The number of allylic oxidation sites excluding steroid dienone is 1. The summed E-state index contributed by atoms with van der Waals surface area (Å²) >= 11 is 0. The first-order chi connectivity index (χ1) is 6.65. The lowest BCUT2D eigenvalue weighted by Gasteiger charge is -2.26. The third-order valence-electron chi connectivity index (χ3n) is 2.66. The van der Waals surface area contributed by atoms with Crippen molar-refractivity contribution in [2.45, 2.75) is 6.04 Å². The van der Waals surface area contributed by atoms with Crippen molar-refractivity contribution in [2.75, 3.05) is 14.2 Å². The largest absolute Gasteiger partial charge is 0.493 e. The van der Waals surface area contributed by atoms with Crippen LogP contribution in [0.5, 0.6) is 0 Å². The Bertz CT molecular complexity index is 356. The summed E-state index contributed by atoms with van der Waals surface area (Å²) in [5.74, 6) is -1.07. The number of ether oxygens (including phenoxy) is 1. The SMILES string of the molecule is COC1=CC2C(C=CN2C)C(=O)C1=O. The van der Waals surface area contributed by atoms with E-state index in [1.165, 1.54) is 7.11 Å². The summed E-state index contributed by atoms with van der Waals surface area (Å²) in [6.07, 6.45) is 5.28. The Hall–Kier alpha value is -1.58. The molecule has 2 unspecified atom stereocenters. The van der Waals surface area contributed by atoms with Crippen molar-refractivity contribution in [3.8, 4) is 0 Å². The van der Waals surface area contributed by atoms with Gasteiger partial charge in [-0.05, 0) is 12.3 Å². The van der Waals surface area contributed by atoms with Crippen LogP contribution in [0.4, 0.5) is 0 Å². The minimum absolute atomic E-state index is 0.0600. The maximum atomic E-state index is 11.6. The van der Waals surface area contributed by atoms with E-state index >= 15 is 0 Å². The monoisotopic (exact) mass is 193 g/mol. The van der Waals surface area contributed by atoms with Crippen LogP contribution in [0.15, 0.2) is 24.1 Å². The van der Waals surface area contributed by atoms with Gasteiger partial charge in [-0.2, -0.15) is 0 Å². The van der Waals surface area contributed by atoms with Crippen LogP contribution in [0.2, 0.25) is 0 Å². The second-order valence-electron chi connectivity index (χ2n) is 3.45. The first-order valence-corrected chi connectivity index (χ1v) is 4.39. The van der Waals surface area contributed by atoms with E-state index in [9.17, 15) is 9.59 Å². The van der Waals surface area contributed by atoms with Crippen LogP contribution < -0.4 is 0 Å². The van der Waals surface area contributed by atoms with Gasteiger partial charge in [-0.3, -0.25) is 9.59 Å². The fourth-order valence-corrected chi connectivity index (χ4v) is 1.82. The highest BCUT2D eigenvalue weighted by molar-refractivity contribution is 6.45. The number of methoxy groups -OCH3 is 1. The molecule has 4 nitrogen and oxygen atoms in total. The predicted molar refractivity (Wildman–Crippen MR) is 49.3 cm³/mol. The molecule has 1 heterocycles. The molecule has 0 bridgehead atoms. The molecule has 2 rings (SSSR count). The highest BCUT2D eigenvalue weighted by atomic mass is 16.5. The zero-order valence-electron chi connectivity index (χ0n) is 8.06. The average Bonchev–Trinajstić information content (AvgIpc) is 2.54. The van der Waals surface area contributed by atoms with Crippen molar-refractivity contribution in [3.05, 3.63) is 24.1 Å². The van der Waals surface area contributed by atoms with Gasteiger partial charge in [0.05, 0.1) is 19.1 Å². The molecule has 0 amide bonds. The number of ketones is 2. The molecule has 0 aromatic heterocycles. The number of fused-ring (bicyclic) bond motifs is 1. The second kappa shape index (κ2) is 2.97. The first-order valence-electron chi connectivity index (χ1n) is 4.39. The van der Waals surface area contributed by atoms with Gasteiger partial charge in [0.2, 0.25) is 5.78 Å². The number of rotatable bonds is 1. The highest BCUT2D eigenvalue weighted by Gasteiger charge is 2.41. The van der Waals surface area contributed by atoms with Crippen molar-refractivity contribution < 1.29 is 14.3 Å². The molecule has 0 aromatic rings. The van der Waals surface area contributed by atoms with Crippen molar-refractivity contribution in [2.24, 2.45) is 5.92 Å². The topological polar surface area (TPSA) is 46.6 Å². The van der Waals surface area contributed by atoms with E-state index in [1.54, 1.807) is 12.2 Å². The molecular weight excluding hydrogens is 182 g/mol. The van der Waals surface area contributed by atoms with Crippen LogP contribution in [-0.2, 0) is 14.3 Å². The van der Waals surface area contributed by atoms with Crippen molar-refractivity contribution in [1.82, 2.24) is 4.90 Å². The number of carbonyl (C=O) groups is 2. The van der Waals surface area contributed by atoms with Gasteiger partial charge in [0.1, 0.15) is 0 Å². The Labute approximate surface area is 81.8 Å². The lowest BCUT2D eigenvalue weighted by Crippen LogP contribution is -2.40. The lowest BCUT2D eigenvalue weighted by molar-refractivity contribution is -0.138. The molecule has 0 spiro atoms. The Kier molecular flexibility index (Phi) is 1.91. The molecule has 0 saturated heterocycles. The molecule has 74 valence electrons. The summed E-state index contributed by atoms with van der Waals surface area (Å²) in [4.78, 5) is 24.9. The molecule has 0 aromatic carbocycles. The normalized spacial score (nSPS) is 30.4. The standard InChI is InChI=1S/C10H11NO3/c1-11-4-3-6-7(11)5-8(14-2)10(13)9(6)12/h3-7H,1-2H3. The van der Waals surface area contributed by atoms with E-state index in [1.807, 2.05) is 18.1 Å². The smallest absolute Gasteiger partial charge is 0.263 e. The number of nitrogens with zero attached hydrogens (tertiary/aromatic N) is 1. The van der Waals surface area contributed by atoms with E-state index in [4.69, 9.17) is 4.74 Å². The van der Waals surface area contributed by atoms with E-state index in [0.29, 0.717) is 0 Å². The van der Waals surface area contributed by atoms with E-state index < -0.39 is 5.78 Å². The van der Waals surface area contributed by atoms with Crippen LogP contribution >= 0.6 is 0 Å². The molecule has 1 aliphatic carbocycles. The lowest BCUT2D eigenvalue weighted by atomic mass is 9.88. The summed E-state index contributed by atoms with van der Waals surface area (Å²) in [7, 11) is 3.27. The predicted octanol–water partition coefficient (Wildman–Crippen LogP) is 0.112. The molecule has 0 fully saturated rings. The number of hydrogen-bond acceptors (Lipinski definition) is 4. The van der Waals surface area contributed by atoms with Gasteiger partial charge in [0.25, 0.3) is 5.78 Å². The Morgan fingerprint density at radius 1 is 1.43 bits per heavy atom. The number of likely N-dealkylation sites (N-methyl/N-ethyl adjacent to an activating group) is 1. The van der Waals surface area contributed by atoms with E-state index in [-0.39, 0.29) is 23.5 Å². The van der Waals surface area contributed by atoms with Gasteiger partial charge in [0, 0.05) is 7.05 Å². The number of hydrogen-bond donors (Lipinski definition) is 0. The van der Waals surface area contributed by atoms with Gasteiger partial charge >= 0.3 is 0 Å². The van der Waals surface area contributed by atoms with Crippen LogP contribution in [0, 0.1) is 5.92 Å². The Morgan fingerprint density at radius 3 is 2.79 bits per heavy atom. The van der Waals surface area contributed by atoms with Crippen LogP contribution in [0.3, 0.4) is 0 Å². The van der Waals surface area contributed by atoms with Crippen molar-refractivity contribution in [1.29, 1.82) is 0 Å². The summed E-state index contributed by atoms with van der Waals surface area (Å²) in [5.41, 5.74) is 0. The summed E-state index contributed by atoms with van der Waals surface area (Å²) in [6.45, 7) is 0. The van der Waals surface area contributed by atoms with Crippen LogP contribution in [0.1, 0.15) is 0 Å². The van der Waals surface area contributed by atoms with Crippen molar-refractivity contribution in [3.63, 3.8) is 0 Å². The van der Waals surface area contributed by atoms with E-state index in [2.05, 4.69) is 0 Å². The van der Waals surface area contributed by atoms with Gasteiger partial charge in [-0.1, -0.05) is 6.08 Å². The molecule has 0 radical (unpaired) electrons. The third kappa shape index (κ3) is 1.07. The van der Waals surface area contributed by atoms with Gasteiger partial charge in [0.15, 0.2) is 5.76 Å². The molecule has 0 saturated carbocycles. The molecule has 2 atom stereocenters. The van der Waals surface area contributed by atoms with Gasteiger partial charge in [-0.15, -0.1) is 0 Å². The maximum Gasteiger partial charge on any atom is 0.263 e. The molecular formula is C10H11NO3. The van der Waals surface area contributed by atoms with Crippen LogP contribution in [0.25, 0.3) is 0 Å². The summed E-state index contributed by atoms with van der Waals surface area (Å²) < 4.78 is 4.87. The summed E-state index contributed by atoms with van der Waals surface area (Å²) in [6, 6.07) is -0.0600. The van der Waals surface area contributed by atoms with Crippen LogP contribution in [-0.4, -0.2) is 36.7 Å². The second-order valence-corrected chi connectivity index (χ2v) is 3.45. The van der Waals surface area contributed by atoms with E-state index in [0.717, 1.165) is 0 Å². The Balaban J connectivity index is 2.40. The molecule has 4 heteroatoms. The molecule has 14 heavy (non-hydrogen) atoms. The number of Topliss-reactive ketones (excluding diaryl/α,β-unsaturated/α-hetero) is 2. The van der Waals surface area contributed by atoms with Gasteiger partial charge in [-0.25, -0.2) is 0 Å². The summed E-state index contributed by atoms with van der Waals surface area (Å²) in [5, 5.41) is 0. The van der Waals surface area contributed by atoms with Gasteiger partial charge < -0.3 is 9.64 Å². The maximum absolute atomic E-state index is 11.6.